The van der Waals surface area contributed by atoms with E-state index >= 15 is 0 Å². The topological polar surface area (TPSA) is 62.3 Å². The van der Waals surface area contributed by atoms with Crippen LogP contribution < -0.4 is 10.3 Å². The number of methoxy groups -OCH3 is 1. The molecule has 0 aliphatic carbocycles. The van der Waals surface area contributed by atoms with Crippen molar-refractivity contribution in [3.63, 3.8) is 0 Å². The largest absolute Gasteiger partial charge is 0.506 e. The fourth-order valence-corrected chi connectivity index (χ4v) is 0.604. The molecule has 1 rings (SSSR count). The van der Waals surface area contributed by atoms with Crippen LogP contribution in [0.1, 0.15) is 0 Å². The van der Waals surface area contributed by atoms with Crippen LogP contribution in [0, 0.1) is 0 Å². The van der Waals surface area contributed by atoms with Crippen molar-refractivity contribution in [2.75, 3.05) is 7.11 Å². The van der Waals surface area contributed by atoms with Crippen molar-refractivity contribution in [2.24, 2.45) is 0 Å². The van der Waals surface area contributed by atoms with Crippen molar-refractivity contribution in [1.29, 1.82) is 0 Å². The second-order valence-corrected chi connectivity index (χ2v) is 1.76. The zero-order valence-electron chi connectivity index (χ0n) is 5.42. The highest BCUT2D eigenvalue weighted by atomic mass is 16.5. The highest BCUT2D eigenvalue weighted by Crippen LogP contribution is 2.09. The molecular formula is C6H7NO3. The third kappa shape index (κ3) is 1.10. The molecular weight excluding hydrogens is 134 g/mol. The van der Waals surface area contributed by atoms with Crippen molar-refractivity contribution in [1.82, 2.24) is 4.98 Å². The Labute approximate surface area is 57.1 Å². The van der Waals surface area contributed by atoms with Crippen molar-refractivity contribution >= 4 is 0 Å². The Balaban J connectivity index is 3.22. The summed E-state index contributed by atoms with van der Waals surface area (Å²) in [7, 11) is 1.37. The second-order valence-electron chi connectivity index (χ2n) is 1.76. The number of pyridine rings is 1. The zero-order valence-corrected chi connectivity index (χ0v) is 5.42. The van der Waals surface area contributed by atoms with Crippen LogP contribution in [-0.4, -0.2) is 17.2 Å². The molecule has 0 spiro atoms. The van der Waals surface area contributed by atoms with Gasteiger partial charge in [0.2, 0.25) is 0 Å². The predicted octanol–water partition coefficient (Wildman–Crippen LogP) is 0.0891. The quantitative estimate of drug-likeness (QED) is 0.582. The molecule has 4 heteroatoms. The normalized spacial score (nSPS) is 9.30. The maximum atomic E-state index is 10.7. The maximum absolute atomic E-state index is 10.7. The Bertz CT molecular complexity index is 279. The van der Waals surface area contributed by atoms with Crippen LogP contribution in [0.4, 0.5) is 0 Å². The molecule has 0 fully saturated rings. The lowest BCUT2D eigenvalue weighted by Gasteiger charge is -1.96. The number of ether oxygens (including phenoxy) is 1. The Morgan fingerprint density at radius 2 is 2.40 bits per heavy atom. The smallest absolute Gasteiger partial charge is 0.290 e. The number of H-pyrrole nitrogens is 1. The van der Waals surface area contributed by atoms with Crippen molar-refractivity contribution in [3.05, 3.63) is 22.6 Å². The molecule has 0 bridgehead atoms. The van der Waals surface area contributed by atoms with E-state index in [9.17, 15) is 4.79 Å². The molecule has 0 aliphatic heterocycles. The highest BCUT2D eigenvalue weighted by Gasteiger charge is 1.97. The van der Waals surface area contributed by atoms with Gasteiger partial charge in [0.1, 0.15) is 5.75 Å². The fraction of sp³-hybridized carbons (Fsp3) is 0.167. The SMILES string of the molecule is COc1cc(O)c[nH]c1=O. The number of aromatic amines is 1. The van der Waals surface area contributed by atoms with E-state index < -0.39 is 0 Å². The van der Waals surface area contributed by atoms with Crippen LogP contribution >= 0.6 is 0 Å². The number of aromatic nitrogens is 1. The van der Waals surface area contributed by atoms with Crippen LogP contribution in [0.15, 0.2) is 17.1 Å². The minimum atomic E-state index is -0.347. The summed E-state index contributed by atoms with van der Waals surface area (Å²) in [6, 6.07) is 1.25. The first-order valence-corrected chi connectivity index (χ1v) is 2.69. The van der Waals surface area contributed by atoms with Gasteiger partial charge in [-0.05, 0) is 0 Å². The van der Waals surface area contributed by atoms with Gasteiger partial charge in [-0.2, -0.15) is 0 Å². The van der Waals surface area contributed by atoms with Crippen LogP contribution in [-0.2, 0) is 0 Å². The number of hydrogen-bond acceptors (Lipinski definition) is 3. The minimum absolute atomic E-state index is 0.0172. The molecule has 0 aromatic carbocycles. The standard InChI is InChI=1S/C6H7NO3/c1-10-5-2-4(8)3-7-6(5)9/h2-3,8H,1H3,(H,7,9). The van der Waals surface area contributed by atoms with Crippen molar-refractivity contribution in [2.45, 2.75) is 0 Å². The van der Waals surface area contributed by atoms with Gasteiger partial charge < -0.3 is 14.8 Å². The van der Waals surface area contributed by atoms with Gasteiger partial charge in [-0.3, -0.25) is 4.79 Å². The molecule has 4 nitrogen and oxygen atoms in total. The monoisotopic (exact) mass is 141 g/mol. The first-order valence-electron chi connectivity index (χ1n) is 2.69. The van der Waals surface area contributed by atoms with Gasteiger partial charge >= 0.3 is 0 Å². The lowest BCUT2D eigenvalue weighted by atomic mass is 10.4. The summed E-state index contributed by atoms with van der Waals surface area (Å²) >= 11 is 0. The summed E-state index contributed by atoms with van der Waals surface area (Å²) in [6.45, 7) is 0. The molecule has 0 atom stereocenters. The number of aromatic hydroxyl groups is 1. The molecule has 0 radical (unpaired) electrons. The summed E-state index contributed by atoms with van der Waals surface area (Å²) in [5.74, 6) is 0.0939. The Morgan fingerprint density at radius 3 is 2.90 bits per heavy atom. The molecule has 10 heavy (non-hydrogen) atoms. The van der Waals surface area contributed by atoms with Crippen LogP contribution in [0.3, 0.4) is 0 Å². The summed E-state index contributed by atoms with van der Waals surface area (Å²) in [5, 5.41) is 8.82. The molecule has 0 aliphatic rings. The molecule has 1 heterocycles. The van der Waals surface area contributed by atoms with Crippen LogP contribution in [0.5, 0.6) is 11.5 Å². The fourth-order valence-electron chi connectivity index (χ4n) is 0.604. The lowest BCUT2D eigenvalue weighted by Crippen LogP contribution is -2.06. The van der Waals surface area contributed by atoms with E-state index in [4.69, 9.17) is 5.11 Å². The Kier molecular flexibility index (Phi) is 1.62. The van der Waals surface area contributed by atoms with Gasteiger partial charge in [-0.1, -0.05) is 0 Å². The highest BCUT2D eigenvalue weighted by molar-refractivity contribution is 5.26. The van der Waals surface area contributed by atoms with E-state index in [-0.39, 0.29) is 17.1 Å². The van der Waals surface area contributed by atoms with E-state index in [1.54, 1.807) is 0 Å². The third-order valence-corrected chi connectivity index (χ3v) is 1.07. The summed E-state index contributed by atoms with van der Waals surface area (Å²) in [4.78, 5) is 13.0. The van der Waals surface area contributed by atoms with Crippen molar-refractivity contribution < 1.29 is 9.84 Å². The van der Waals surface area contributed by atoms with Crippen LogP contribution in [0.25, 0.3) is 0 Å². The summed E-state index contributed by atoms with van der Waals surface area (Å²) in [6.07, 6.45) is 1.20. The van der Waals surface area contributed by atoms with E-state index in [1.165, 1.54) is 19.4 Å². The minimum Gasteiger partial charge on any atom is -0.506 e. The second kappa shape index (κ2) is 2.43. The van der Waals surface area contributed by atoms with Crippen LogP contribution in [0.2, 0.25) is 0 Å². The Morgan fingerprint density at radius 1 is 1.70 bits per heavy atom. The van der Waals surface area contributed by atoms with Gasteiger partial charge in [0.25, 0.3) is 5.56 Å². The van der Waals surface area contributed by atoms with E-state index in [2.05, 4.69) is 9.72 Å². The molecule has 54 valence electrons. The predicted molar refractivity (Wildman–Crippen MR) is 35.3 cm³/mol. The molecule has 1 aromatic heterocycles. The summed E-state index contributed by atoms with van der Waals surface area (Å²) < 4.78 is 4.62. The van der Waals surface area contributed by atoms with Gasteiger partial charge in [0.05, 0.1) is 7.11 Å². The molecule has 0 saturated heterocycles. The van der Waals surface area contributed by atoms with E-state index in [0.29, 0.717) is 0 Å². The molecule has 0 unspecified atom stereocenters. The van der Waals surface area contributed by atoms with Crippen molar-refractivity contribution in [3.8, 4) is 11.5 Å². The molecule has 0 amide bonds. The third-order valence-electron chi connectivity index (χ3n) is 1.07. The Hall–Kier alpha value is -1.45. The number of nitrogens with one attached hydrogen (secondary N) is 1. The van der Waals surface area contributed by atoms with Gasteiger partial charge in [-0.15, -0.1) is 0 Å². The average Bonchev–Trinajstić information content (AvgIpc) is 1.94. The summed E-state index contributed by atoms with van der Waals surface area (Å²) in [5.41, 5.74) is -0.347. The van der Waals surface area contributed by atoms with E-state index in [0.717, 1.165) is 0 Å². The lowest BCUT2D eigenvalue weighted by molar-refractivity contribution is 0.400. The number of hydrogen-bond donors (Lipinski definition) is 2. The zero-order chi connectivity index (χ0) is 7.56. The van der Waals surface area contributed by atoms with Gasteiger partial charge in [0.15, 0.2) is 5.75 Å². The molecule has 0 saturated carbocycles. The first-order chi connectivity index (χ1) is 4.74. The van der Waals surface area contributed by atoms with E-state index in [1.807, 2.05) is 0 Å². The average molecular weight is 141 g/mol. The number of rotatable bonds is 1. The van der Waals surface area contributed by atoms with Gasteiger partial charge in [-0.25, -0.2) is 0 Å². The maximum Gasteiger partial charge on any atom is 0.290 e. The molecule has 2 N–H and O–H groups in total. The first kappa shape index (κ1) is 6.67. The molecule has 1 aromatic rings. The van der Waals surface area contributed by atoms with Gasteiger partial charge in [0, 0.05) is 12.3 Å².